The molecule has 1 saturated heterocycles. The zero-order valence-electron chi connectivity index (χ0n) is 14.0. The molecule has 0 radical (unpaired) electrons. The fraction of sp³-hybridized carbons (Fsp3) is 0.471. The molecule has 24 heavy (non-hydrogen) atoms. The van der Waals surface area contributed by atoms with Crippen LogP contribution in [0.2, 0.25) is 0 Å². The van der Waals surface area contributed by atoms with E-state index in [1.165, 1.54) is 0 Å². The van der Waals surface area contributed by atoms with Gasteiger partial charge in [0.25, 0.3) is 5.91 Å². The molecule has 7 heteroatoms. The standard InChI is InChI=1S/C17H23N3O4/c1-12(10-16(21)18-11-15-4-3-9-24-15)19-20-17(22)13-5-7-14(23-2)8-6-13/h5-8,15H,3-4,9-11H2,1-2H3,(H,18,21)(H,20,22)/b19-12+. The Morgan fingerprint density at radius 1 is 1.33 bits per heavy atom. The van der Waals surface area contributed by atoms with Crippen molar-refractivity contribution in [3.8, 4) is 5.75 Å². The third-order valence-electron chi connectivity index (χ3n) is 3.67. The fourth-order valence-corrected chi connectivity index (χ4v) is 2.32. The van der Waals surface area contributed by atoms with Gasteiger partial charge in [-0.1, -0.05) is 0 Å². The lowest BCUT2D eigenvalue weighted by molar-refractivity contribution is -0.120. The summed E-state index contributed by atoms with van der Waals surface area (Å²) >= 11 is 0. The van der Waals surface area contributed by atoms with Gasteiger partial charge in [0.2, 0.25) is 5.91 Å². The summed E-state index contributed by atoms with van der Waals surface area (Å²) in [6.45, 7) is 2.97. The van der Waals surface area contributed by atoms with E-state index in [0.717, 1.165) is 19.4 Å². The maximum Gasteiger partial charge on any atom is 0.271 e. The summed E-state index contributed by atoms with van der Waals surface area (Å²) < 4.78 is 10.5. The molecule has 0 bridgehead atoms. The predicted molar refractivity (Wildman–Crippen MR) is 90.2 cm³/mol. The Bertz CT molecular complexity index is 592. The van der Waals surface area contributed by atoms with Gasteiger partial charge in [-0.05, 0) is 44.0 Å². The SMILES string of the molecule is COc1ccc(C(=O)N/N=C(\C)CC(=O)NCC2CCCO2)cc1. The van der Waals surface area contributed by atoms with Crippen LogP contribution in [0.4, 0.5) is 0 Å². The van der Waals surface area contributed by atoms with Crippen molar-refractivity contribution in [2.24, 2.45) is 5.10 Å². The highest BCUT2D eigenvalue weighted by Gasteiger charge is 2.16. The summed E-state index contributed by atoms with van der Waals surface area (Å²) in [4.78, 5) is 23.8. The molecule has 1 aliphatic rings. The summed E-state index contributed by atoms with van der Waals surface area (Å²) in [5.74, 6) is 0.205. The van der Waals surface area contributed by atoms with Crippen LogP contribution in [0.1, 0.15) is 36.5 Å². The van der Waals surface area contributed by atoms with Crippen molar-refractivity contribution in [3.63, 3.8) is 0 Å². The van der Waals surface area contributed by atoms with E-state index in [0.29, 0.717) is 23.6 Å². The van der Waals surface area contributed by atoms with Crippen LogP contribution in [0.3, 0.4) is 0 Å². The van der Waals surface area contributed by atoms with Crippen molar-refractivity contribution in [3.05, 3.63) is 29.8 Å². The van der Waals surface area contributed by atoms with Gasteiger partial charge in [0.05, 0.1) is 19.6 Å². The minimum absolute atomic E-state index is 0.112. The molecule has 0 aliphatic carbocycles. The van der Waals surface area contributed by atoms with Gasteiger partial charge in [-0.25, -0.2) is 5.43 Å². The van der Waals surface area contributed by atoms with Crippen LogP contribution < -0.4 is 15.5 Å². The Hall–Kier alpha value is -2.41. The first kappa shape index (κ1) is 17.9. The number of benzene rings is 1. The van der Waals surface area contributed by atoms with Crippen LogP contribution in [-0.4, -0.2) is 43.9 Å². The van der Waals surface area contributed by atoms with Gasteiger partial charge >= 0.3 is 0 Å². The largest absolute Gasteiger partial charge is 0.497 e. The predicted octanol–water partition coefficient (Wildman–Crippen LogP) is 1.49. The maximum absolute atomic E-state index is 12.0. The number of ether oxygens (including phenoxy) is 2. The van der Waals surface area contributed by atoms with E-state index < -0.39 is 0 Å². The van der Waals surface area contributed by atoms with Gasteiger partial charge in [0, 0.05) is 24.4 Å². The van der Waals surface area contributed by atoms with Crippen molar-refractivity contribution in [2.75, 3.05) is 20.3 Å². The quantitative estimate of drug-likeness (QED) is 0.584. The Balaban J connectivity index is 1.75. The van der Waals surface area contributed by atoms with E-state index in [-0.39, 0.29) is 24.3 Å². The zero-order chi connectivity index (χ0) is 17.4. The molecule has 1 unspecified atom stereocenters. The molecule has 0 aromatic heterocycles. The first-order valence-electron chi connectivity index (χ1n) is 7.94. The van der Waals surface area contributed by atoms with Crippen LogP contribution in [0.15, 0.2) is 29.4 Å². The van der Waals surface area contributed by atoms with Crippen molar-refractivity contribution in [2.45, 2.75) is 32.3 Å². The zero-order valence-corrected chi connectivity index (χ0v) is 14.0. The molecule has 2 N–H and O–H groups in total. The highest BCUT2D eigenvalue weighted by Crippen LogP contribution is 2.11. The fourth-order valence-electron chi connectivity index (χ4n) is 2.32. The monoisotopic (exact) mass is 333 g/mol. The summed E-state index contributed by atoms with van der Waals surface area (Å²) in [6, 6.07) is 6.69. The van der Waals surface area contributed by atoms with E-state index in [4.69, 9.17) is 9.47 Å². The molecule has 1 fully saturated rings. The second kappa shape index (κ2) is 9.02. The van der Waals surface area contributed by atoms with Gasteiger partial charge in [-0.15, -0.1) is 0 Å². The second-order valence-corrected chi connectivity index (χ2v) is 5.63. The van der Waals surface area contributed by atoms with E-state index in [9.17, 15) is 9.59 Å². The number of nitrogens with zero attached hydrogens (tertiary/aromatic N) is 1. The van der Waals surface area contributed by atoms with Gasteiger partial charge < -0.3 is 14.8 Å². The summed E-state index contributed by atoms with van der Waals surface area (Å²) in [7, 11) is 1.56. The van der Waals surface area contributed by atoms with E-state index in [1.807, 2.05) is 0 Å². The number of hydrogen-bond acceptors (Lipinski definition) is 5. The number of hydrogen-bond donors (Lipinski definition) is 2. The lowest BCUT2D eigenvalue weighted by Gasteiger charge is -2.10. The molecule has 1 aliphatic heterocycles. The van der Waals surface area contributed by atoms with Crippen molar-refractivity contribution >= 4 is 17.5 Å². The third-order valence-corrected chi connectivity index (χ3v) is 3.67. The molecule has 1 aromatic carbocycles. The van der Waals surface area contributed by atoms with Crippen LogP contribution in [0.25, 0.3) is 0 Å². The van der Waals surface area contributed by atoms with Crippen molar-refractivity contribution in [1.29, 1.82) is 0 Å². The smallest absolute Gasteiger partial charge is 0.271 e. The minimum Gasteiger partial charge on any atom is -0.497 e. The molecule has 2 rings (SSSR count). The number of methoxy groups -OCH3 is 1. The number of amides is 2. The molecule has 7 nitrogen and oxygen atoms in total. The van der Waals surface area contributed by atoms with Gasteiger partial charge in [-0.2, -0.15) is 5.10 Å². The number of hydrazone groups is 1. The molecular weight excluding hydrogens is 310 g/mol. The summed E-state index contributed by atoms with van der Waals surface area (Å²) in [6.07, 6.45) is 2.26. The highest BCUT2D eigenvalue weighted by molar-refractivity contribution is 6.01. The number of carbonyl (C=O) groups is 2. The van der Waals surface area contributed by atoms with Crippen molar-refractivity contribution in [1.82, 2.24) is 10.7 Å². The molecular formula is C17H23N3O4. The Labute approximate surface area is 141 Å². The van der Waals surface area contributed by atoms with Crippen LogP contribution >= 0.6 is 0 Å². The average Bonchev–Trinajstić information content (AvgIpc) is 3.11. The van der Waals surface area contributed by atoms with E-state index >= 15 is 0 Å². The van der Waals surface area contributed by atoms with Crippen LogP contribution in [0.5, 0.6) is 5.75 Å². The average molecular weight is 333 g/mol. The molecule has 130 valence electrons. The second-order valence-electron chi connectivity index (χ2n) is 5.63. The highest BCUT2D eigenvalue weighted by atomic mass is 16.5. The van der Waals surface area contributed by atoms with Gasteiger partial charge in [-0.3, -0.25) is 9.59 Å². The Kier molecular flexibility index (Phi) is 6.74. The maximum atomic E-state index is 12.0. The molecule has 1 atom stereocenters. The topological polar surface area (TPSA) is 89.0 Å². The van der Waals surface area contributed by atoms with Crippen molar-refractivity contribution < 1.29 is 19.1 Å². The van der Waals surface area contributed by atoms with Crippen LogP contribution in [-0.2, 0) is 9.53 Å². The minimum atomic E-state index is -0.336. The van der Waals surface area contributed by atoms with E-state index in [2.05, 4.69) is 15.8 Å². The normalized spacial score (nSPS) is 17.4. The molecule has 0 spiro atoms. The summed E-state index contributed by atoms with van der Waals surface area (Å²) in [5.41, 5.74) is 3.44. The lowest BCUT2D eigenvalue weighted by Crippen LogP contribution is -2.33. The lowest BCUT2D eigenvalue weighted by atomic mass is 10.2. The Morgan fingerprint density at radius 3 is 2.71 bits per heavy atom. The first-order valence-corrected chi connectivity index (χ1v) is 7.94. The number of rotatable bonds is 7. The first-order chi connectivity index (χ1) is 11.6. The van der Waals surface area contributed by atoms with Gasteiger partial charge in [0.1, 0.15) is 5.75 Å². The molecule has 1 heterocycles. The number of carbonyl (C=O) groups excluding carboxylic acids is 2. The molecule has 1 aromatic rings. The Morgan fingerprint density at radius 2 is 2.08 bits per heavy atom. The van der Waals surface area contributed by atoms with E-state index in [1.54, 1.807) is 38.3 Å². The molecule has 0 saturated carbocycles. The summed E-state index contributed by atoms with van der Waals surface area (Å²) in [5, 5.41) is 6.77. The third kappa shape index (κ3) is 5.66. The molecule has 2 amide bonds. The van der Waals surface area contributed by atoms with Crippen LogP contribution in [0, 0.1) is 0 Å². The van der Waals surface area contributed by atoms with Gasteiger partial charge in [0.15, 0.2) is 0 Å². The number of nitrogens with one attached hydrogen (secondary N) is 2.